The van der Waals surface area contributed by atoms with E-state index in [1.165, 1.54) is 0 Å². The SMILES string of the molecule is CC#CC(C)C#CCCC. The van der Waals surface area contributed by atoms with Crippen molar-refractivity contribution in [2.45, 2.75) is 33.6 Å². The summed E-state index contributed by atoms with van der Waals surface area (Å²) in [5.41, 5.74) is 0. The summed E-state index contributed by atoms with van der Waals surface area (Å²) in [5.74, 6) is 12.2. The van der Waals surface area contributed by atoms with E-state index in [0.29, 0.717) is 0 Å². The van der Waals surface area contributed by atoms with Crippen LogP contribution in [0.15, 0.2) is 0 Å². The molecule has 0 aromatic rings. The molecule has 0 aromatic heterocycles. The van der Waals surface area contributed by atoms with E-state index in [1.54, 1.807) is 0 Å². The highest BCUT2D eigenvalue weighted by Crippen LogP contribution is 1.89. The van der Waals surface area contributed by atoms with Gasteiger partial charge in [0, 0.05) is 6.42 Å². The highest BCUT2D eigenvalue weighted by Gasteiger charge is 1.84. The molecule has 0 saturated heterocycles. The molecule has 0 spiro atoms. The van der Waals surface area contributed by atoms with Gasteiger partial charge in [0.15, 0.2) is 0 Å². The lowest BCUT2D eigenvalue weighted by atomic mass is 10.2. The average Bonchev–Trinajstić information content (AvgIpc) is 1.89. The van der Waals surface area contributed by atoms with Crippen LogP contribution in [0.5, 0.6) is 0 Å². The van der Waals surface area contributed by atoms with Crippen LogP contribution in [0.4, 0.5) is 0 Å². The summed E-state index contributed by atoms with van der Waals surface area (Å²) in [6.07, 6.45) is 2.13. The van der Waals surface area contributed by atoms with Crippen LogP contribution in [-0.4, -0.2) is 0 Å². The molecule has 0 aliphatic heterocycles. The molecule has 0 rings (SSSR count). The summed E-state index contributed by atoms with van der Waals surface area (Å²) in [5, 5.41) is 0. The second-order valence-corrected chi connectivity index (χ2v) is 2.19. The normalized spacial score (nSPS) is 10.3. The fourth-order valence-electron chi connectivity index (χ4n) is 0.603. The maximum absolute atomic E-state index is 3.07. The molecule has 10 heavy (non-hydrogen) atoms. The lowest BCUT2D eigenvalue weighted by Crippen LogP contribution is -1.82. The Morgan fingerprint density at radius 1 is 1.30 bits per heavy atom. The molecule has 54 valence electrons. The van der Waals surface area contributed by atoms with Gasteiger partial charge in [0.25, 0.3) is 0 Å². The van der Waals surface area contributed by atoms with Gasteiger partial charge in [0.1, 0.15) is 0 Å². The van der Waals surface area contributed by atoms with Crippen molar-refractivity contribution < 1.29 is 0 Å². The van der Waals surface area contributed by atoms with Crippen LogP contribution in [0.2, 0.25) is 0 Å². The number of rotatable bonds is 1. The summed E-state index contributed by atoms with van der Waals surface area (Å²) in [6, 6.07) is 0. The van der Waals surface area contributed by atoms with Crippen LogP contribution < -0.4 is 0 Å². The van der Waals surface area contributed by atoms with E-state index < -0.39 is 0 Å². The van der Waals surface area contributed by atoms with E-state index in [-0.39, 0.29) is 5.92 Å². The third kappa shape index (κ3) is 5.26. The van der Waals surface area contributed by atoms with Crippen molar-refractivity contribution in [2.75, 3.05) is 0 Å². The van der Waals surface area contributed by atoms with Crippen molar-refractivity contribution in [3.63, 3.8) is 0 Å². The zero-order valence-electron chi connectivity index (χ0n) is 6.99. The zero-order valence-corrected chi connectivity index (χ0v) is 6.99. The highest BCUT2D eigenvalue weighted by molar-refractivity contribution is 5.15. The molecule has 0 aliphatic rings. The second-order valence-electron chi connectivity index (χ2n) is 2.19. The van der Waals surface area contributed by atoms with Gasteiger partial charge in [0.2, 0.25) is 0 Å². The first-order chi connectivity index (χ1) is 4.81. The van der Waals surface area contributed by atoms with Gasteiger partial charge in [-0.3, -0.25) is 0 Å². The van der Waals surface area contributed by atoms with Crippen LogP contribution in [0.1, 0.15) is 33.6 Å². The fourth-order valence-corrected chi connectivity index (χ4v) is 0.603. The topological polar surface area (TPSA) is 0 Å². The molecule has 0 saturated carbocycles. The molecule has 0 fully saturated rings. The van der Waals surface area contributed by atoms with E-state index in [1.807, 2.05) is 13.8 Å². The monoisotopic (exact) mass is 134 g/mol. The Balaban J connectivity index is 3.64. The number of hydrogen-bond donors (Lipinski definition) is 0. The fraction of sp³-hybridized carbons (Fsp3) is 0.600. The second kappa shape index (κ2) is 6.24. The quantitative estimate of drug-likeness (QED) is 0.483. The lowest BCUT2D eigenvalue weighted by molar-refractivity contribution is 0.968. The van der Waals surface area contributed by atoms with Crippen LogP contribution in [0, 0.1) is 29.6 Å². The molecule has 0 heteroatoms. The predicted molar refractivity (Wildman–Crippen MR) is 45.3 cm³/mol. The molecule has 0 aliphatic carbocycles. The van der Waals surface area contributed by atoms with Gasteiger partial charge >= 0.3 is 0 Å². The van der Waals surface area contributed by atoms with E-state index in [4.69, 9.17) is 0 Å². The van der Waals surface area contributed by atoms with Crippen molar-refractivity contribution in [1.29, 1.82) is 0 Å². The van der Waals surface area contributed by atoms with Gasteiger partial charge in [-0.2, -0.15) is 0 Å². The minimum atomic E-state index is 0.247. The Morgan fingerprint density at radius 2 is 2.00 bits per heavy atom. The predicted octanol–water partition coefficient (Wildman–Crippen LogP) is 2.45. The van der Waals surface area contributed by atoms with E-state index in [9.17, 15) is 0 Å². The van der Waals surface area contributed by atoms with Gasteiger partial charge in [-0.15, -0.1) is 11.8 Å². The van der Waals surface area contributed by atoms with Gasteiger partial charge in [-0.25, -0.2) is 0 Å². The van der Waals surface area contributed by atoms with Crippen LogP contribution in [0.3, 0.4) is 0 Å². The maximum atomic E-state index is 3.07. The summed E-state index contributed by atoms with van der Waals surface area (Å²) < 4.78 is 0. The zero-order chi connectivity index (χ0) is 7.82. The molecule has 0 radical (unpaired) electrons. The Labute approximate surface area is 64.0 Å². The smallest absolute Gasteiger partial charge is 0.0783 e. The molecule has 0 bridgehead atoms. The van der Waals surface area contributed by atoms with Crippen LogP contribution >= 0.6 is 0 Å². The van der Waals surface area contributed by atoms with Gasteiger partial charge in [-0.1, -0.05) is 18.8 Å². The standard InChI is InChI=1S/C10H14/c1-4-6-7-9-10(3)8-5-2/h10H,4,6H2,1-3H3. The van der Waals surface area contributed by atoms with E-state index in [0.717, 1.165) is 12.8 Å². The highest BCUT2D eigenvalue weighted by atomic mass is 13.9. The Morgan fingerprint density at radius 3 is 2.50 bits per heavy atom. The third-order valence-electron chi connectivity index (χ3n) is 1.05. The van der Waals surface area contributed by atoms with Crippen molar-refractivity contribution in [3.8, 4) is 23.7 Å². The summed E-state index contributed by atoms with van der Waals surface area (Å²) in [6.45, 7) is 6.00. The first-order valence-corrected chi connectivity index (χ1v) is 3.72. The summed E-state index contributed by atoms with van der Waals surface area (Å²) in [7, 11) is 0. The van der Waals surface area contributed by atoms with E-state index >= 15 is 0 Å². The first-order valence-electron chi connectivity index (χ1n) is 3.72. The molecule has 0 heterocycles. The lowest BCUT2D eigenvalue weighted by Gasteiger charge is -1.86. The first kappa shape index (κ1) is 9.12. The molecule has 0 amide bonds. The molecule has 1 atom stereocenters. The largest absolute Gasteiger partial charge is 0.105 e. The van der Waals surface area contributed by atoms with Gasteiger partial charge in [0.05, 0.1) is 5.92 Å². The molecule has 0 nitrogen and oxygen atoms in total. The van der Waals surface area contributed by atoms with Crippen molar-refractivity contribution in [3.05, 3.63) is 0 Å². The average molecular weight is 134 g/mol. The third-order valence-corrected chi connectivity index (χ3v) is 1.05. The van der Waals surface area contributed by atoms with Gasteiger partial charge < -0.3 is 0 Å². The van der Waals surface area contributed by atoms with Crippen molar-refractivity contribution >= 4 is 0 Å². The summed E-state index contributed by atoms with van der Waals surface area (Å²) in [4.78, 5) is 0. The molecule has 0 N–H and O–H groups in total. The molecule has 0 aromatic carbocycles. The molecular weight excluding hydrogens is 120 g/mol. The van der Waals surface area contributed by atoms with Crippen molar-refractivity contribution in [1.82, 2.24) is 0 Å². The minimum Gasteiger partial charge on any atom is -0.105 e. The minimum absolute atomic E-state index is 0.247. The van der Waals surface area contributed by atoms with Crippen LogP contribution in [0.25, 0.3) is 0 Å². The maximum Gasteiger partial charge on any atom is 0.0783 e. The van der Waals surface area contributed by atoms with Gasteiger partial charge in [-0.05, 0) is 20.3 Å². The molecular formula is C10H14. The Hall–Kier alpha value is -0.880. The number of unbranched alkanes of at least 4 members (excludes halogenated alkanes) is 1. The van der Waals surface area contributed by atoms with E-state index in [2.05, 4.69) is 30.6 Å². The van der Waals surface area contributed by atoms with Crippen molar-refractivity contribution in [2.24, 2.45) is 5.92 Å². The Bertz CT molecular complexity index is 180. The number of hydrogen-bond acceptors (Lipinski definition) is 0. The Kier molecular flexibility index (Phi) is 5.69. The summed E-state index contributed by atoms with van der Waals surface area (Å²) >= 11 is 0. The van der Waals surface area contributed by atoms with Crippen LogP contribution in [-0.2, 0) is 0 Å². The molecule has 1 unspecified atom stereocenters.